The van der Waals surface area contributed by atoms with Gasteiger partial charge in [-0.1, -0.05) is 18.2 Å². The number of fused-ring (bicyclic) bond motifs is 1. The molecule has 6 heteroatoms. The molecule has 4 aliphatic carbocycles. The van der Waals surface area contributed by atoms with E-state index in [1.165, 1.54) is 11.1 Å². The molecule has 5 nitrogen and oxygen atoms in total. The van der Waals surface area contributed by atoms with E-state index in [2.05, 4.69) is 53.3 Å². The molecule has 1 saturated carbocycles. The quantitative estimate of drug-likeness (QED) is 0.421. The molecule has 1 aromatic rings. The lowest BCUT2D eigenvalue weighted by molar-refractivity contribution is -0.216. The second kappa shape index (κ2) is 5.95. The Kier molecular flexibility index (Phi) is 3.77. The minimum atomic E-state index is -0.546. The molecule has 2 fully saturated rings. The molecule has 2 aliphatic heterocycles. The van der Waals surface area contributed by atoms with Crippen molar-refractivity contribution in [2.45, 2.75) is 55.4 Å². The van der Waals surface area contributed by atoms with E-state index >= 15 is 0 Å². The molecule has 7 atom stereocenters. The SMILES string of the molecule is COc1ccc2c3c1O[C@H]1[C@@]4(OC)C=C[C@@]5(C[C@@H]4[C@@H](C)N=C=S)[C@@H](C2)N(C)CC[C@]315. The lowest BCUT2D eigenvalue weighted by Crippen LogP contribution is -2.79. The van der Waals surface area contributed by atoms with Crippen LogP contribution in [0.15, 0.2) is 29.3 Å². The molecule has 0 aromatic heterocycles. The van der Waals surface area contributed by atoms with Crippen LogP contribution >= 0.6 is 12.2 Å². The van der Waals surface area contributed by atoms with Crippen LogP contribution in [0.3, 0.4) is 0 Å². The molecule has 0 unspecified atom stereocenters. The third-order valence-corrected chi connectivity index (χ3v) is 9.27. The van der Waals surface area contributed by atoms with Gasteiger partial charge >= 0.3 is 0 Å². The Hall–Kier alpha value is -1.72. The van der Waals surface area contributed by atoms with Crippen LogP contribution in [0.25, 0.3) is 0 Å². The average molecular weight is 425 g/mol. The van der Waals surface area contributed by atoms with Crippen LogP contribution in [0.1, 0.15) is 30.9 Å². The summed E-state index contributed by atoms with van der Waals surface area (Å²) in [6, 6.07) is 4.78. The summed E-state index contributed by atoms with van der Waals surface area (Å²) >= 11 is 4.97. The monoisotopic (exact) mass is 424 g/mol. The molecule has 0 radical (unpaired) electrons. The Morgan fingerprint density at radius 2 is 2.17 bits per heavy atom. The van der Waals surface area contributed by atoms with Gasteiger partial charge in [0.05, 0.1) is 23.7 Å². The number of ether oxygens (including phenoxy) is 3. The number of methoxy groups -OCH3 is 2. The van der Waals surface area contributed by atoms with E-state index in [9.17, 15) is 0 Å². The maximum Gasteiger partial charge on any atom is 0.166 e. The molecule has 6 aliphatic rings. The summed E-state index contributed by atoms with van der Waals surface area (Å²) < 4.78 is 19.1. The van der Waals surface area contributed by atoms with E-state index in [1.54, 1.807) is 7.11 Å². The van der Waals surface area contributed by atoms with Crippen molar-refractivity contribution in [1.82, 2.24) is 4.90 Å². The van der Waals surface area contributed by atoms with Crippen LogP contribution in [0, 0.1) is 11.3 Å². The van der Waals surface area contributed by atoms with Gasteiger partial charge in [-0.2, -0.15) is 0 Å². The fraction of sp³-hybridized carbons (Fsp3) is 0.625. The van der Waals surface area contributed by atoms with Crippen LogP contribution in [-0.2, 0) is 16.6 Å². The number of isothiocyanates is 1. The number of hydrogen-bond donors (Lipinski definition) is 0. The van der Waals surface area contributed by atoms with Crippen LogP contribution in [0.5, 0.6) is 11.5 Å². The molecule has 4 bridgehead atoms. The Balaban J connectivity index is 1.67. The Morgan fingerprint density at radius 3 is 2.90 bits per heavy atom. The molecule has 158 valence electrons. The first-order chi connectivity index (χ1) is 14.5. The van der Waals surface area contributed by atoms with E-state index in [0.717, 1.165) is 37.3 Å². The largest absolute Gasteiger partial charge is 0.493 e. The molecule has 0 amide bonds. The number of thiocarbonyl (C=S) groups is 1. The van der Waals surface area contributed by atoms with Gasteiger partial charge in [-0.05, 0) is 63.6 Å². The molecule has 1 aromatic carbocycles. The lowest BCUT2D eigenvalue weighted by Gasteiger charge is -2.71. The van der Waals surface area contributed by atoms with Gasteiger partial charge in [0.1, 0.15) is 11.7 Å². The number of benzene rings is 1. The summed E-state index contributed by atoms with van der Waals surface area (Å²) in [6.07, 6.45) is 7.80. The van der Waals surface area contributed by atoms with Crippen molar-refractivity contribution in [2.75, 3.05) is 27.8 Å². The summed E-state index contributed by atoms with van der Waals surface area (Å²) in [5, 5.41) is 2.62. The molecule has 30 heavy (non-hydrogen) atoms. The second-order valence-electron chi connectivity index (χ2n) is 9.75. The first-order valence-electron chi connectivity index (χ1n) is 10.9. The predicted molar refractivity (Wildman–Crippen MR) is 118 cm³/mol. The molecule has 2 heterocycles. The van der Waals surface area contributed by atoms with Crippen LogP contribution in [0.4, 0.5) is 0 Å². The minimum Gasteiger partial charge on any atom is -0.493 e. The number of aliphatic imine (C=N–C) groups is 1. The highest BCUT2D eigenvalue weighted by molar-refractivity contribution is 7.78. The smallest absolute Gasteiger partial charge is 0.166 e. The van der Waals surface area contributed by atoms with Crippen molar-refractivity contribution in [3.8, 4) is 11.5 Å². The number of hydrogen-bond acceptors (Lipinski definition) is 6. The van der Waals surface area contributed by atoms with Crippen molar-refractivity contribution in [1.29, 1.82) is 0 Å². The van der Waals surface area contributed by atoms with Crippen molar-refractivity contribution in [2.24, 2.45) is 16.3 Å². The summed E-state index contributed by atoms with van der Waals surface area (Å²) in [4.78, 5) is 7.07. The highest BCUT2D eigenvalue weighted by Gasteiger charge is 2.79. The fourth-order valence-corrected chi connectivity index (χ4v) is 8.15. The first kappa shape index (κ1) is 19.0. The van der Waals surface area contributed by atoms with E-state index in [-0.39, 0.29) is 28.9 Å². The molecule has 0 N–H and O–H groups in total. The van der Waals surface area contributed by atoms with E-state index in [4.69, 9.17) is 26.4 Å². The van der Waals surface area contributed by atoms with Crippen molar-refractivity contribution < 1.29 is 14.2 Å². The van der Waals surface area contributed by atoms with Gasteiger partial charge in [-0.3, -0.25) is 0 Å². The van der Waals surface area contributed by atoms with Gasteiger partial charge in [-0.15, -0.1) is 0 Å². The number of likely N-dealkylation sites (tertiary alicyclic amines) is 1. The zero-order chi connectivity index (χ0) is 20.9. The Morgan fingerprint density at radius 1 is 1.33 bits per heavy atom. The van der Waals surface area contributed by atoms with E-state index in [1.807, 2.05) is 7.11 Å². The first-order valence-corrected chi connectivity index (χ1v) is 11.3. The number of likely N-dealkylation sites (N-methyl/N-ethyl adjacent to an activating group) is 1. The average Bonchev–Trinajstić information content (AvgIpc) is 3.13. The minimum absolute atomic E-state index is 0.00847. The van der Waals surface area contributed by atoms with Gasteiger partial charge in [0.25, 0.3) is 0 Å². The van der Waals surface area contributed by atoms with Crippen LogP contribution in [0.2, 0.25) is 0 Å². The maximum atomic E-state index is 6.91. The summed E-state index contributed by atoms with van der Waals surface area (Å²) in [6.45, 7) is 3.20. The van der Waals surface area contributed by atoms with Gasteiger partial charge in [0.15, 0.2) is 11.5 Å². The molecular weight excluding hydrogens is 396 g/mol. The zero-order valence-corrected chi connectivity index (χ0v) is 18.8. The number of nitrogens with zero attached hydrogens (tertiary/aromatic N) is 2. The molecule has 1 saturated heterocycles. The van der Waals surface area contributed by atoms with Gasteiger partial charge in [0.2, 0.25) is 0 Å². The third-order valence-electron chi connectivity index (χ3n) is 9.17. The lowest BCUT2D eigenvalue weighted by atomic mass is 9.36. The van der Waals surface area contributed by atoms with E-state index < -0.39 is 5.60 Å². The Bertz CT molecular complexity index is 1020. The second-order valence-corrected chi connectivity index (χ2v) is 9.94. The number of rotatable bonds is 4. The van der Waals surface area contributed by atoms with Gasteiger partial charge < -0.3 is 19.1 Å². The fourth-order valence-electron chi connectivity index (χ4n) is 7.98. The standard InChI is InChI=1S/C24H28N2O3S/c1-14(25-13-30)16-12-22-7-8-24(16,28-4)21-23(22)9-10-26(2)18(22)11-15-5-6-17(27-3)20(29-21)19(15)23/h5-8,14,16,18,21H,9-12H2,1-4H3/t14-,16-,18-,21-,22-,23+,24-/m1/s1. The van der Waals surface area contributed by atoms with Gasteiger partial charge in [-0.25, -0.2) is 4.99 Å². The molecule has 7 rings (SSSR count). The van der Waals surface area contributed by atoms with Crippen molar-refractivity contribution in [3.63, 3.8) is 0 Å². The topological polar surface area (TPSA) is 43.3 Å². The zero-order valence-electron chi connectivity index (χ0n) is 18.0. The highest BCUT2D eigenvalue weighted by atomic mass is 32.1. The molecular formula is C24H28N2O3S. The Labute approximate surface area is 183 Å². The van der Waals surface area contributed by atoms with Crippen molar-refractivity contribution >= 4 is 17.4 Å². The van der Waals surface area contributed by atoms with Crippen LogP contribution < -0.4 is 9.47 Å². The van der Waals surface area contributed by atoms with Crippen LogP contribution in [-0.4, -0.2) is 61.7 Å². The van der Waals surface area contributed by atoms with Gasteiger partial charge in [0, 0.05) is 30.0 Å². The summed E-state index contributed by atoms with van der Waals surface area (Å²) in [5.41, 5.74) is 2.14. The van der Waals surface area contributed by atoms with E-state index in [0.29, 0.717) is 6.04 Å². The number of piperidine rings is 1. The summed E-state index contributed by atoms with van der Waals surface area (Å²) in [7, 11) is 5.83. The predicted octanol–water partition coefficient (Wildman–Crippen LogP) is 3.41. The van der Waals surface area contributed by atoms with Crippen molar-refractivity contribution in [3.05, 3.63) is 35.4 Å². The maximum absolute atomic E-state index is 6.91. The third kappa shape index (κ3) is 1.81. The normalized spacial score (nSPS) is 42.9. The highest BCUT2D eigenvalue weighted by Crippen LogP contribution is 2.74. The summed E-state index contributed by atoms with van der Waals surface area (Å²) in [5.74, 6) is 1.94. The molecule has 2 spiro atoms.